The molecule has 11 rings (SSSR count). The van der Waals surface area contributed by atoms with Gasteiger partial charge in [-0.05, 0) is 94.0 Å². The molecule has 0 N–H and O–H groups in total. The van der Waals surface area contributed by atoms with Crippen molar-refractivity contribution in [2.24, 2.45) is 0 Å². The number of nitrogens with zero attached hydrogens (tertiary/aromatic N) is 2. The number of hydrogen-bond acceptors (Lipinski definition) is 3. The molecular formula is C50H34N2S2. The monoisotopic (exact) mass is 726 g/mol. The van der Waals surface area contributed by atoms with Crippen molar-refractivity contribution in [2.75, 3.05) is 0 Å². The van der Waals surface area contributed by atoms with E-state index < -0.39 is 0 Å². The lowest BCUT2D eigenvalue weighted by molar-refractivity contribution is 0.661. The molecule has 0 fully saturated rings. The van der Waals surface area contributed by atoms with E-state index in [-0.39, 0.29) is 5.41 Å². The Bertz CT molecular complexity index is 2880. The molecule has 54 heavy (non-hydrogen) atoms. The second-order valence-corrected chi connectivity index (χ2v) is 17.0. The van der Waals surface area contributed by atoms with Gasteiger partial charge in [-0.3, -0.25) is 0 Å². The molecule has 256 valence electrons. The van der Waals surface area contributed by atoms with Crippen LogP contribution < -0.4 is 0 Å². The van der Waals surface area contributed by atoms with Crippen LogP contribution in [0.5, 0.6) is 0 Å². The molecule has 4 heteroatoms. The van der Waals surface area contributed by atoms with Crippen LogP contribution in [-0.2, 0) is 5.41 Å². The van der Waals surface area contributed by atoms with Crippen LogP contribution in [0.3, 0.4) is 0 Å². The molecule has 1 aliphatic carbocycles. The van der Waals surface area contributed by atoms with Crippen molar-refractivity contribution >= 4 is 45.3 Å². The van der Waals surface area contributed by atoms with Gasteiger partial charge in [0.2, 0.25) is 0 Å². The second kappa shape index (κ2) is 12.1. The fourth-order valence-electron chi connectivity index (χ4n) is 8.52. The van der Waals surface area contributed by atoms with E-state index in [1.54, 1.807) is 0 Å². The summed E-state index contributed by atoms with van der Waals surface area (Å²) >= 11 is 3.77. The van der Waals surface area contributed by atoms with E-state index in [9.17, 15) is 0 Å². The molecule has 9 aromatic rings. The van der Waals surface area contributed by atoms with E-state index in [4.69, 9.17) is 4.98 Å². The first-order valence-corrected chi connectivity index (χ1v) is 20.1. The Hall–Kier alpha value is -5.81. The maximum absolute atomic E-state index is 5.22. The number of pyridine rings is 1. The molecule has 0 atom stereocenters. The third kappa shape index (κ3) is 4.94. The van der Waals surface area contributed by atoms with Gasteiger partial charge >= 0.3 is 0 Å². The van der Waals surface area contributed by atoms with Crippen LogP contribution in [0.25, 0.3) is 72.3 Å². The summed E-state index contributed by atoms with van der Waals surface area (Å²) in [6.07, 6.45) is 0. The van der Waals surface area contributed by atoms with Crippen molar-refractivity contribution < 1.29 is 0 Å². The molecule has 0 radical (unpaired) electrons. The Balaban J connectivity index is 1.10. The van der Waals surface area contributed by atoms with E-state index in [0.717, 1.165) is 33.8 Å². The van der Waals surface area contributed by atoms with Gasteiger partial charge in [-0.25, -0.2) is 4.98 Å². The van der Waals surface area contributed by atoms with Gasteiger partial charge in [-0.1, -0.05) is 147 Å². The van der Waals surface area contributed by atoms with Crippen LogP contribution in [-0.4, -0.2) is 9.55 Å². The third-order valence-electron chi connectivity index (χ3n) is 11.2. The van der Waals surface area contributed by atoms with Crippen LogP contribution in [0, 0.1) is 0 Å². The first-order valence-electron chi connectivity index (χ1n) is 18.4. The Morgan fingerprint density at radius 1 is 0.426 bits per heavy atom. The van der Waals surface area contributed by atoms with Crippen LogP contribution in [0.2, 0.25) is 0 Å². The fourth-order valence-corrected chi connectivity index (χ4v) is 10.8. The minimum Gasteiger partial charge on any atom is -0.309 e. The summed E-state index contributed by atoms with van der Waals surface area (Å²) in [5.41, 5.74) is 15.5. The SMILES string of the molecule is CC1(C)c2ccccc2-c2cc3c4cc5c(cc4n(-c4ccc(-c6cc(-c7ccccc7)cc(-c7ccccc7)n6)cc4)c3cc21)Sc1ccccc1S5. The fraction of sp³-hybridized carbons (Fsp3) is 0.0600. The molecule has 3 heterocycles. The predicted octanol–water partition coefficient (Wildman–Crippen LogP) is 14.1. The topological polar surface area (TPSA) is 17.8 Å². The van der Waals surface area contributed by atoms with Crippen LogP contribution in [0.4, 0.5) is 0 Å². The van der Waals surface area contributed by atoms with E-state index >= 15 is 0 Å². The maximum Gasteiger partial charge on any atom is 0.0715 e. The molecule has 7 aromatic carbocycles. The Morgan fingerprint density at radius 3 is 1.69 bits per heavy atom. The Morgan fingerprint density at radius 2 is 0.981 bits per heavy atom. The minimum atomic E-state index is -0.0935. The zero-order valence-electron chi connectivity index (χ0n) is 29.9. The molecular weight excluding hydrogens is 693 g/mol. The Kier molecular flexibility index (Phi) is 7.11. The normalized spacial score (nSPS) is 13.7. The Labute approximate surface area is 323 Å². The van der Waals surface area contributed by atoms with E-state index in [0.29, 0.717) is 0 Å². The van der Waals surface area contributed by atoms with Crippen molar-refractivity contribution in [1.29, 1.82) is 0 Å². The molecule has 0 amide bonds. The van der Waals surface area contributed by atoms with Crippen LogP contribution in [0.15, 0.2) is 189 Å². The quantitative estimate of drug-likeness (QED) is 0.180. The van der Waals surface area contributed by atoms with Crippen molar-refractivity contribution in [2.45, 2.75) is 38.8 Å². The smallest absolute Gasteiger partial charge is 0.0715 e. The lowest BCUT2D eigenvalue weighted by atomic mass is 9.82. The summed E-state index contributed by atoms with van der Waals surface area (Å²) < 4.78 is 2.49. The van der Waals surface area contributed by atoms with Gasteiger partial charge < -0.3 is 4.57 Å². The van der Waals surface area contributed by atoms with Gasteiger partial charge in [0.25, 0.3) is 0 Å². The number of hydrogen-bond donors (Lipinski definition) is 0. The van der Waals surface area contributed by atoms with Crippen LogP contribution >= 0.6 is 23.5 Å². The molecule has 0 spiro atoms. The summed E-state index contributed by atoms with van der Waals surface area (Å²) in [5.74, 6) is 0. The van der Waals surface area contributed by atoms with Gasteiger partial charge in [0, 0.05) is 52.6 Å². The molecule has 0 bridgehead atoms. The van der Waals surface area contributed by atoms with E-state index in [1.165, 1.54) is 69.2 Å². The summed E-state index contributed by atoms with van der Waals surface area (Å²) in [4.78, 5) is 10.5. The van der Waals surface area contributed by atoms with Gasteiger partial charge in [0.15, 0.2) is 0 Å². The van der Waals surface area contributed by atoms with Crippen molar-refractivity contribution in [3.63, 3.8) is 0 Å². The summed E-state index contributed by atoms with van der Waals surface area (Å²) in [6.45, 7) is 4.74. The molecule has 0 saturated carbocycles. The van der Waals surface area contributed by atoms with Crippen molar-refractivity contribution in [1.82, 2.24) is 9.55 Å². The maximum atomic E-state index is 5.22. The predicted molar refractivity (Wildman–Crippen MR) is 227 cm³/mol. The lowest BCUT2D eigenvalue weighted by Crippen LogP contribution is -2.14. The zero-order chi connectivity index (χ0) is 36.0. The first kappa shape index (κ1) is 31.7. The summed E-state index contributed by atoms with van der Waals surface area (Å²) in [6, 6.07) is 62.1. The molecule has 2 aromatic heterocycles. The second-order valence-electron chi connectivity index (χ2n) is 14.8. The number of benzene rings is 7. The van der Waals surface area contributed by atoms with E-state index in [1.807, 2.05) is 23.5 Å². The van der Waals surface area contributed by atoms with Gasteiger partial charge in [0.1, 0.15) is 0 Å². The lowest BCUT2D eigenvalue weighted by Gasteiger charge is -2.21. The average molecular weight is 727 g/mol. The number of rotatable bonds is 4. The number of fused-ring (bicyclic) bond motifs is 8. The molecule has 2 nitrogen and oxygen atoms in total. The van der Waals surface area contributed by atoms with Gasteiger partial charge in [-0.2, -0.15) is 0 Å². The molecule has 2 aliphatic rings. The first-order chi connectivity index (χ1) is 26.5. The van der Waals surface area contributed by atoms with Gasteiger partial charge in [-0.15, -0.1) is 0 Å². The molecule has 1 aliphatic heterocycles. The third-order valence-corrected chi connectivity index (χ3v) is 13.8. The highest BCUT2D eigenvalue weighted by atomic mass is 32.2. The molecule has 0 saturated heterocycles. The van der Waals surface area contributed by atoms with Crippen molar-refractivity contribution in [3.05, 3.63) is 181 Å². The van der Waals surface area contributed by atoms with E-state index in [2.05, 4.69) is 188 Å². The minimum absolute atomic E-state index is 0.0935. The highest BCUT2D eigenvalue weighted by Crippen LogP contribution is 2.53. The zero-order valence-corrected chi connectivity index (χ0v) is 31.5. The number of aromatic nitrogens is 2. The van der Waals surface area contributed by atoms with Gasteiger partial charge in [0.05, 0.1) is 22.4 Å². The van der Waals surface area contributed by atoms with Crippen molar-refractivity contribution in [3.8, 4) is 50.5 Å². The standard InChI is InChI=1S/C50H34N2S2/c1-50(2)40-18-10-9-17-36(40)37-27-38-39-28-48-49(54-47-20-12-11-19-46(47)53-48)30-45(39)52(44(38)29-41(37)50)35-23-21-33(22-24-35)43-26-34(31-13-5-3-6-14-31)25-42(51-43)32-15-7-4-8-16-32/h3-30H,1-2H3. The van der Waals surface area contributed by atoms with Crippen LogP contribution in [0.1, 0.15) is 25.0 Å². The summed E-state index contributed by atoms with van der Waals surface area (Å²) in [5, 5.41) is 2.58. The highest BCUT2D eigenvalue weighted by molar-refractivity contribution is 8.05. The largest absolute Gasteiger partial charge is 0.309 e. The molecule has 0 unspecified atom stereocenters. The highest BCUT2D eigenvalue weighted by Gasteiger charge is 2.36. The summed E-state index contributed by atoms with van der Waals surface area (Å²) in [7, 11) is 0. The average Bonchev–Trinajstić information content (AvgIpc) is 3.65.